The molecule has 0 amide bonds. The molecule has 0 rings (SSSR count). The predicted octanol–water partition coefficient (Wildman–Crippen LogP) is 13.4. The Hall–Kier alpha value is -1.28. The number of hydrogen-bond acceptors (Lipinski definition) is 6. The van der Waals surface area contributed by atoms with Crippen molar-refractivity contribution in [2.24, 2.45) is 0 Å². The van der Waals surface area contributed by atoms with Crippen LogP contribution in [-0.4, -0.2) is 75.6 Å². The van der Waals surface area contributed by atoms with Crippen LogP contribution in [0.25, 0.3) is 0 Å². The number of carbonyl (C=O) groups excluding carboxylic acids is 1. The molecule has 9 heteroatoms. The number of allylic oxidation sites excluding steroid dienone is 6. The quantitative estimate of drug-likeness (QED) is 0.0216. The molecule has 0 aromatic rings. The van der Waals surface area contributed by atoms with Crippen molar-refractivity contribution in [2.75, 3.05) is 54.1 Å². The summed E-state index contributed by atoms with van der Waals surface area (Å²) in [5.41, 5.74) is 0. The average molecular weight is 799 g/mol. The number of nitrogens with zero attached hydrogens (tertiary/aromatic N) is 1. The van der Waals surface area contributed by atoms with E-state index >= 15 is 0 Å². The van der Waals surface area contributed by atoms with Gasteiger partial charge in [0.25, 0.3) is 0 Å². The van der Waals surface area contributed by atoms with Crippen LogP contribution in [0.4, 0.5) is 0 Å². The van der Waals surface area contributed by atoms with Crippen molar-refractivity contribution in [3.63, 3.8) is 0 Å². The maximum atomic E-state index is 12.7. The zero-order chi connectivity index (χ0) is 40.6. The second kappa shape index (κ2) is 39.5. The first-order valence-electron chi connectivity index (χ1n) is 22.7. The summed E-state index contributed by atoms with van der Waals surface area (Å²) in [6.45, 7) is 5.58. The van der Waals surface area contributed by atoms with E-state index in [1.54, 1.807) is 0 Å². The Labute approximate surface area is 340 Å². The summed E-state index contributed by atoms with van der Waals surface area (Å²) in [6.07, 6.45) is 46.0. The van der Waals surface area contributed by atoms with Gasteiger partial charge in [-0.2, -0.15) is 0 Å². The average Bonchev–Trinajstić information content (AvgIpc) is 3.13. The van der Waals surface area contributed by atoms with Crippen molar-refractivity contribution in [2.45, 2.75) is 200 Å². The molecule has 0 radical (unpaired) electrons. The molecule has 2 atom stereocenters. The highest BCUT2D eigenvalue weighted by Crippen LogP contribution is 2.43. The lowest BCUT2D eigenvalue weighted by atomic mass is 10.1. The van der Waals surface area contributed by atoms with E-state index in [9.17, 15) is 14.3 Å². The van der Waals surface area contributed by atoms with Gasteiger partial charge in [-0.25, -0.2) is 4.57 Å². The second-order valence-electron chi connectivity index (χ2n) is 16.4. The summed E-state index contributed by atoms with van der Waals surface area (Å²) >= 11 is 0. The molecule has 0 saturated carbocycles. The highest BCUT2D eigenvalue weighted by Gasteiger charge is 2.26. The largest absolute Gasteiger partial charge is 0.472 e. The Morgan fingerprint density at radius 1 is 0.564 bits per heavy atom. The van der Waals surface area contributed by atoms with Crippen LogP contribution in [-0.2, 0) is 27.9 Å². The summed E-state index contributed by atoms with van der Waals surface area (Å²) in [5, 5.41) is 0. The lowest BCUT2D eigenvalue weighted by Crippen LogP contribution is -2.37. The summed E-state index contributed by atoms with van der Waals surface area (Å²) in [4.78, 5) is 22.9. The first kappa shape index (κ1) is 53.7. The standard InChI is InChI=1S/C46H88NO7P/c1-6-8-10-12-14-16-18-20-22-23-24-25-26-27-29-31-33-35-37-39-46(48)54-45(44-53-55(49,50)52-42-40-47(3,4)5)43-51-41-38-36-34-32-30-28-21-19-17-15-13-11-9-7-2/h14,16-17,19-20,22,45H,6-13,15,18,21,23-44H2,1-5H3/p+1/b16-14-,19-17-,22-20-. The van der Waals surface area contributed by atoms with Crippen molar-refractivity contribution in [1.29, 1.82) is 0 Å². The van der Waals surface area contributed by atoms with Gasteiger partial charge in [-0.3, -0.25) is 13.8 Å². The lowest BCUT2D eigenvalue weighted by molar-refractivity contribution is -0.870. The first-order chi connectivity index (χ1) is 26.6. The van der Waals surface area contributed by atoms with E-state index in [0.717, 1.165) is 38.5 Å². The number of ether oxygens (including phenoxy) is 2. The molecule has 0 heterocycles. The minimum Gasteiger partial charge on any atom is -0.457 e. The van der Waals surface area contributed by atoms with Crippen LogP contribution in [0.3, 0.4) is 0 Å². The van der Waals surface area contributed by atoms with Crippen LogP contribution in [0.1, 0.15) is 194 Å². The van der Waals surface area contributed by atoms with E-state index in [2.05, 4.69) is 50.3 Å². The van der Waals surface area contributed by atoms with Gasteiger partial charge in [0.1, 0.15) is 19.3 Å². The number of phosphoric acid groups is 1. The molecular formula is C46H89NO7P+. The van der Waals surface area contributed by atoms with E-state index in [-0.39, 0.29) is 25.8 Å². The molecule has 0 bridgehead atoms. The fraction of sp³-hybridized carbons (Fsp3) is 0.848. The highest BCUT2D eigenvalue weighted by molar-refractivity contribution is 7.47. The fourth-order valence-electron chi connectivity index (χ4n) is 6.11. The summed E-state index contributed by atoms with van der Waals surface area (Å²) in [7, 11) is 1.66. The number of quaternary nitrogens is 1. The smallest absolute Gasteiger partial charge is 0.457 e. The topological polar surface area (TPSA) is 91.3 Å². The van der Waals surface area contributed by atoms with E-state index in [4.69, 9.17) is 18.5 Å². The van der Waals surface area contributed by atoms with Gasteiger partial charge in [0.05, 0.1) is 34.4 Å². The second-order valence-corrected chi connectivity index (χ2v) is 17.9. The summed E-state index contributed by atoms with van der Waals surface area (Å²) < 4.78 is 35.0. The minimum atomic E-state index is -4.28. The number of rotatable bonds is 42. The number of unbranched alkanes of at least 4 members (excludes halogenated alkanes) is 22. The van der Waals surface area contributed by atoms with Gasteiger partial charge in [-0.1, -0.05) is 153 Å². The van der Waals surface area contributed by atoms with E-state index in [1.807, 2.05) is 21.1 Å². The molecule has 0 spiro atoms. The molecule has 0 fully saturated rings. The van der Waals surface area contributed by atoms with Crippen LogP contribution in [0.2, 0.25) is 0 Å². The third-order valence-electron chi connectivity index (χ3n) is 9.67. The van der Waals surface area contributed by atoms with Gasteiger partial charge in [0.2, 0.25) is 0 Å². The fourth-order valence-corrected chi connectivity index (χ4v) is 6.85. The molecule has 55 heavy (non-hydrogen) atoms. The van der Waals surface area contributed by atoms with Crippen LogP contribution in [0.5, 0.6) is 0 Å². The third-order valence-corrected chi connectivity index (χ3v) is 10.7. The molecule has 1 N–H and O–H groups in total. The van der Waals surface area contributed by atoms with Gasteiger partial charge < -0.3 is 18.9 Å². The van der Waals surface area contributed by atoms with Crippen molar-refractivity contribution in [1.82, 2.24) is 0 Å². The molecule has 2 unspecified atom stereocenters. The molecule has 0 aliphatic carbocycles. The van der Waals surface area contributed by atoms with Crippen molar-refractivity contribution >= 4 is 13.8 Å². The Bertz CT molecular complexity index is 978. The normalized spacial score (nSPS) is 14.1. The van der Waals surface area contributed by atoms with Gasteiger partial charge in [-0.15, -0.1) is 0 Å². The zero-order valence-corrected chi connectivity index (χ0v) is 37.6. The summed E-state index contributed by atoms with van der Waals surface area (Å²) in [6, 6.07) is 0. The van der Waals surface area contributed by atoms with Crippen LogP contribution >= 0.6 is 7.82 Å². The highest BCUT2D eigenvalue weighted by atomic mass is 31.2. The Balaban J connectivity index is 4.21. The van der Waals surface area contributed by atoms with Gasteiger partial charge in [0, 0.05) is 13.0 Å². The van der Waals surface area contributed by atoms with E-state index < -0.39 is 13.9 Å². The van der Waals surface area contributed by atoms with Crippen LogP contribution in [0.15, 0.2) is 36.5 Å². The monoisotopic (exact) mass is 799 g/mol. The minimum absolute atomic E-state index is 0.0865. The number of likely N-dealkylation sites (N-methyl/N-ethyl adjacent to an activating group) is 1. The third kappa shape index (κ3) is 43.7. The maximum Gasteiger partial charge on any atom is 0.472 e. The lowest BCUT2D eigenvalue weighted by Gasteiger charge is -2.24. The number of hydrogen-bond donors (Lipinski definition) is 1. The number of esters is 1. The predicted molar refractivity (Wildman–Crippen MR) is 233 cm³/mol. The molecule has 0 aliphatic heterocycles. The molecule has 8 nitrogen and oxygen atoms in total. The first-order valence-corrected chi connectivity index (χ1v) is 24.2. The maximum absolute atomic E-state index is 12.7. The van der Waals surface area contributed by atoms with Gasteiger partial charge in [0.15, 0.2) is 0 Å². The number of carbonyl (C=O) groups is 1. The Morgan fingerprint density at radius 3 is 1.53 bits per heavy atom. The van der Waals surface area contributed by atoms with Crippen molar-refractivity contribution < 1.29 is 37.3 Å². The van der Waals surface area contributed by atoms with E-state index in [0.29, 0.717) is 24.1 Å². The molecular weight excluding hydrogens is 709 g/mol. The van der Waals surface area contributed by atoms with Gasteiger partial charge in [-0.05, 0) is 70.6 Å². The number of phosphoric ester groups is 1. The molecule has 0 aromatic heterocycles. The molecule has 0 aromatic carbocycles. The Kier molecular flexibility index (Phi) is 38.6. The molecule has 0 saturated heterocycles. The van der Waals surface area contributed by atoms with Gasteiger partial charge >= 0.3 is 13.8 Å². The Morgan fingerprint density at radius 2 is 1.00 bits per heavy atom. The molecule has 324 valence electrons. The molecule has 0 aliphatic rings. The van der Waals surface area contributed by atoms with Crippen molar-refractivity contribution in [3.05, 3.63) is 36.5 Å². The SMILES string of the molecule is CCCCC/C=C\C/C=C\CCCCCCCCCCCC(=O)OC(COCCCCCCCC/C=C\CCCCCC)COP(=O)(O)OCC[N+](C)(C)C. The van der Waals surface area contributed by atoms with Crippen molar-refractivity contribution in [3.8, 4) is 0 Å². The van der Waals surface area contributed by atoms with Crippen LogP contribution < -0.4 is 0 Å². The van der Waals surface area contributed by atoms with E-state index in [1.165, 1.54) is 135 Å². The summed E-state index contributed by atoms with van der Waals surface area (Å²) in [5.74, 6) is -0.320. The van der Waals surface area contributed by atoms with Crippen LogP contribution in [0, 0.1) is 0 Å². The zero-order valence-electron chi connectivity index (χ0n) is 36.7.